The number of benzene rings is 1. The highest BCUT2D eigenvalue weighted by atomic mass is 16.5. The van der Waals surface area contributed by atoms with E-state index in [2.05, 4.69) is 22.2 Å². The van der Waals surface area contributed by atoms with Gasteiger partial charge in [-0.05, 0) is 36.8 Å². The molecule has 0 saturated heterocycles. The first-order chi connectivity index (χ1) is 12.1. The number of anilines is 1. The van der Waals surface area contributed by atoms with Gasteiger partial charge in [0.15, 0.2) is 0 Å². The Balaban J connectivity index is 1.85. The van der Waals surface area contributed by atoms with Crippen LogP contribution in [0.3, 0.4) is 0 Å². The standard InChI is InChI=1S/C19H26N4O2/c1-4-5-6-13-25-17-9-7-15(8-10-17)18(24)21-14-16-11-12-20-19(22-16)23(2)3/h7-12H,4-6,13-14H2,1-3H3,(H,21,24). The Morgan fingerprint density at radius 2 is 1.92 bits per heavy atom. The van der Waals surface area contributed by atoms with Gasteiger partial charge in [0.2, 0.25) is 5.95 Å². The van der Waals surface area contributed by atoms with Crippen molar-refractivity contribution in [3.05, 3.63) is 47.8 Å². The molecule has 25 heavy (non-hydrogen) atoms. The molecule has 0 fully saturated rings. The number of hydrogen-bond donors (Lipinski definition) is 1. The molecule has 1 aromatic carbocycles. The Labute approximate surface area is 149 Å². The second-order valence-electron chi connectivity index (χ2n) is 6.01. The van der Waals surface area contributed by atoms with Gasteiger partial charge in [0, 0.05) is 25.9 Å². The molecule has 0 spiro atoms. The van der Waals surface area contributed by atoms with E-state index in [1.54, 1.807) is 24.4 Å². The number of hydrogen-bond acceptors (Lipinski definition) is 5. The number of carbonyl (C=O) groups is 1. The Bertz CT molecular complexity index is 671. The third kappa shape index (κ3) is 6.06. The zero-order valence-electron chi connectivity index (χ0n) is 15.2. The van der Waals surface area contributed by atoms with E-state index in [1.165, 1.54) is 12.8 Å². The number of aromatic nitrogens is 2. The number of unbranched alkanes of at least 4 members (excludes halogenated alkanes) is 2. The molecule has 2 aromatic rings. The summed E-state index contributed by atoms with van der Waals surface area (Å²) in [5.41, 5.74) is 1.37. The van der Waals surface area contributed by atoms with Crippen LogP contribution in [0.2, 0.25) is 0 Å². The van der Waals surface area contributed by atoms with Gasteiger partial charge >= 0.3 is 0 Å². The summed E-state index contributed by atoms with van der Waals surface area (Å²) >= 11 is 0. The molecule has 0 aliphatic rings. The van der Waals surface area contributed by atoms with Crippen LogP contribution in [0, 0.1) is 0 Å². The van der Waals surface area contributed by atoms with Crippen molar-refractivity contribution in [2.75, 3.05) is 25.6 Å². The van der Waals surface area contributed by atoms with Crippen molar-refractivity contribution < 1.29 is 9.53 Å². The highest BCUT2D eigenvalue weighted by molar-refractivity contribution is 5.94. The van der Waals surface area contributed by atoms with Gasteiger partial charge in [0.25, 0.3) is 5.91 Å². The molecule has 0 radical (unpaired) electrons. The Kier molecular flexibility index (Phi) is 7.19. The van der Waals surface area contributed by atoms with Gasteiger partial charge in [-0.15, -0.1) is 0 Å². The molecular weight excluding hydrogens is 316 g/mol. The van der Waals surface area contributed by atoms with Crippen molar-refractivity contribution in [1.29, 1.82) is 0 Å². The summed E-state index contributed by atoms with van der Waals surface area (Å²) in [6.07, 6.45) is 5.07. The third-order valence-electron chi connectivity index (χ3n) is 3.66. The number of nitrogens with zero attached hydrogens (tertiary/aromatic N) is 3. The second-order valence-corrected chi connectivity index (χ2v) is 6.01. The van der Waals surface area contributed by atoms with E-state index in [4.69, 9.17) is 4.74 Å². The Hall–Kier alpha value is -2.63. The summed E-state index contributed by atoms with van der Waals surface area (Å²) in [6, 6.07) is 9.00. The van der Waals surface area contributed by atoms with Crippen LogP contribution in [0.15, 0.2) is 36.5 Å². The van der Waals surface area contributed by atoms with Gasteiger partial charge in [-0.3, -0.25) is 4.79 Å². The lowest BCUT2D eigenvalue weighted by atomic mass is 10.2. The lowest BCUT2D eigenvalue weighted by molar-refractivity contribution is 0.0950. The van der Waals surface area contributed by atoms with E-state index < -0.39 is 0 Å². The summed E-state index contributed by atoms with van der Waals surface area (Å²) in [5, 5.41) is 2.87. The zero-order valence-corrected chi connectivity index (χ0v) is 15.2. The minimum absolute atomic E-state index is 0.137. The molecule has 1 aromatic heterocycles. The smallest absolute Gasteiger partial charge is 0.251 e. The molecule has 1 N–H and O–H groups in total. The quantitative estimate of drug-likeness (QED) is 0.710. The molecule has 0 aliphatic heterocycles. The topological polar surface area (TPSA) is 67.3 Å². The van der Waals surface area contributed by atoms with Crippen molar-refractivity contribution in [2.45, 2.75) is 32.7 Å². The van der Waals surface area contributed by atoms with E-state index in [9.17, 15) is 4.79 Å². The van der Waals surface area contributed by atoms with Crippen LogP contribution in [-0.4, -0.2) is 36.6 Å². The molecule has 0 bridgehead atoms. The van der Waals surface area contributed by atoms with Crippen molar-refractivity contribution >= 4 is 11.9 Å². The van der Waals surface area contributed by atoms with Crippen LogP contribution in [0.1, 0.15) is 42.2 Å². The lowest BCUT2D eigenvalue weighted by Crippen LogP contribution is -2.24. The largest absolute Gasteiger partial charge is 0.494 e. The summed E-state index contributed by atoms with van der Waals surface area (Å²) < 4.78 is 5.65. The molecular formula is C19H26N4O2. The van der Waals surface area contributed by atoms with E-state index in [0.717, 1.165) is 17.9 Å². The molecule has 1 heterocycles. The first kappa shape index (κ1) is 18.7. The van der Waals surface area contributed by atoms with Crippen LogP contribution < -0.4 is 15.0 Å². The average Bonchev–Trinajstić information content (AvgIpc) is 2.64. The SMILES string of the molecule is CCCCCOc1ccc(C(=O)NCc2ccnc(N(C)C)n2)cc1. The number of carbonyl (C=O) groups excluding carboxylic acids is 1. The summed E-state index contributed by atoms with van der Waals surface area (Å²) in [6.45, 7) is 3.23. The van der Waals surface area contributed by atoms with Gasteiger partial charge in [-0.25, -0.2) is 9.97 Å². The van der Waals surface area contributed by atoms with E-state index in [-0.39, 0.29) is 5.91 Å². The van der Waals surface area contributed by atoms with Gasteiger partial charge in [0.1, 0.15) is 5.75 Å². The highest BCUT2D eigenvalue weighted by Crippen LogP contribution is 2.13. The van der Waals surface area contributed by atoms with E-state index in [1.807, 2.05) is 31.1 Å². The molecule has 0 aliphatic carbocycles. The predicted molar refractivity (Wildman–Crippen MR) is 99.0 cm³/mol. The predicted octanol–water partition coefficient (Wildman–Crippen LogP) is 3.04. The van der Waals surface area contributed by atoms with Crippen LogP contribution in [0.25, 0.3) is 0 Å². The zero-order chi connectivity index (χ0) is 18.1. The number of nitrogens with one attached hydrogen (secondary N) is 1. The van der Waals surface area contributed by atoms with Crippen LogP contribution in [0.5, 0.6) is 5.75 Å². The van der Waals surface area contributed by atoms with Gasteiger partial charge < -0.3 is 15.0 Å². The average molecular weight is 342 g/mol. The number of amides is 1. The fraction of sp³-hybridized carbons (Fsp3) is 0.421. The molecule has 6 nitrogen and oxygen atoms in total. The van der Waals surface area contributed by atoms with E-state index >= 15 is 0 Å². The van der Waals surface area contributed by atoms with Crippen molar-refractivity contribution in [3.8, 4) is 5.75 Å². The molecule has 0 unspecified atom stereocenters. The van der Waals surface area contributed by atoms with Crippen molar-refractivity contribution in [2.24, 2.45) is 0 Å². The molecule has 1 amide bonds. The maximum absolute atomic E-state index is 12.2. The van der Waals surface area contributed by atoms with Crippen LogP contribution >= 0.6 is 0 Å². The van der Waals surface area contributed by atoms with E-state index in [0.29, 0.717) is 24.7 Å². The Morgan fingerprint density at radius 3 is 2.60 bits per heavy atom. The highest BCUT2D eigenvalue weighted by Gasteiger charge is 2.07. The van der Waals surface area contributed by atoms with Crippen LogP contribution in [-0.2, 0) is 6.54 Å². The van der Waals surface area contributed by atoms with Gasteiger partial charge in [0.05, 0.1) is 18.8 Å². The van der Waals surface area contributed by atoms with Crippen LogP contribution in [0.4, 0.5) is 5.95 Å². The molecule has 0 atom stereocenters. The Morgan fingerprint density at radius 1 is 1.16 bits per heavy atom. The summed E-state index contributed by atoms with van der Waals surface area (Å²) in [4.78, 5) is 22.6. The maximum Gasteiger partial charge on any atom is 0.251 e. The summed E-state index contributed by atoms with van der Waals surface area (Å²) in [5.74, 6) is 1.28. The summed E-state index contributed by atoms with van der Waals surface area (Å²) in [7, 11) is 3.76. The fourth-order valence-corrected chi connectivity index (χ4v) is 2.22. The monoisotopic (exact) mass is 342 g/mol. The van der Waals surface area contributed by atoms with Gasteiger partial charge in [-0.1, -0.05) is 19.8 Å². The molecule has 0 saturated carbocycles. The second kappa shape index (κ2) is 9.61. The molecule has 6 heteroatoms. The van der Waals surface area contributed by atoms with Crippen molar-refractivity contribution in [1.82, 2.24) is 15.3 Å². The number of ether oxygens (including phenoxy) is 1. The van der Waals surface area contributed by atoms with Gasteiger partial charge in [-0.2, -0.15) is 0 Å². The minimum Gasteiger partial charge on any atom is -0.494 e. The number of rotatable bonds is 9. The fourth-order valence-electron chi connectivity index (χ4n) is 2.22. The lowest BCUT2D eigenvalue weighted by Gasteiger charge is -2.11. The third-order valence-corrected chi connectivity index (χ3v) is 3.66. The normalized spacial score (nSPS) is 10.4. The molecule has 2 rings (SSSR count). The first-order valence-corrected chi connectivity index (χ1v) is 8.60. The van der Waals surface area contributed by atoms with Crippen molar-refractivity contribution in [3.63, 3.8) is 0 Å². The minimum atomic E-state index is -0.137. The molecule has 134 valence electrons. The maximum atomic E-state index is 12.2. The first-order valence-electron chi connectivity index (χ1n) is 8.60.